The lowest BCUT2D eigenvalue weighted by atomic mass is 9.97. The van der Waals surface area contributed by atoms with Gasteiger partial charge in [0.05, 0.1) is 11.4 Å². The number of halogens is 1. The van der Waals surface area contributed by atoms with Crippen LogP contribution >= 0.6 is 11.6 Å². The molecule has 94 valence electrons. The summed E-state index contributed by atoms with van der Waals surface area (Å²) in [5.74, 6) is 0. The van der Waals surface area contributed by atoms with E-state index < -0.39 is 0 Å². The van der Waals surface area contributed by atoms with Crippen LogP contribution in [0.1, 0.15) is 39.0 Å². The Morgan fingerprint density at radius 1 is 1.41 bits per heavy atom. The molecule has 2 N–H and O–H groups in total. The molecule has 1 unspecified atom stereocenters. The highest BCUT2D eigenvalue weighted by atomic mass is 35.5. The van der Waals surface area contributed by atoms with Gasteiger partial charge in [-0.2, -0.15) is 0 Å². The second-order valence-corrected chi connectivity index (χ2v) is 5.27. The summed E-state index contributed by atoms with van der Waals surface area (Å²) in [5.41, 5.74) is 8.05. The predicted octanol–water partition coefficient (Wildman–Crippen LogP) is 4.08. The molecule has 3 heteroatoms. The standard InChI is InChI=1S/C14H21ClN2/c1-2-5-12-6-3-4-9-17(12)14-8-7-11(15)10-13(14)16/h7-8,10,12H,2-6,9,16H2,1H3. The fourth-order valence-corrected chi connectivity index (χ4v) is 2.92. The van der Waals surface area contributed by atoms with E-state index in [0.717, 1.165) is 22.9 Å². The summed E-state index contributed by atoms with van der Waals surface area (Å²) < 4.78 is 0. The molecule has 0 aliphatic carbocycles. The minimum Gasteiger partial charge on any atom is -0.397 e. The number of nitrogens with two attached hydrogens (primary N) is 1. The van der Waals surface area contributed by atoms with E-state index in [4.69, 9.17) is 17.3 Å². The van der Waals surface area contributed by atoms with Gasteiger partial charge in [-0.05, 0) is 43.9 Å². The molecule has 0 amide bonds. The molecule has 1 aliphatic heterocycles. The maximum atomic E-state index is 6.08. The predicted molar refractivity (Wildman–Crippen MR) is 75.8 cm³/mol. The molecule has 0 aromatic heterocycles. The largest absolute Gasteiger partial charge is 0.397 e. The Morgan fingerprint density at radius 2 is 2.24 bits per heavy atom. The molecule has 2 nitrogen and oxygen atoms in total. The Balaban J connectivity index is 2.23. The number of rotatable bonds is 3. The van der Waals surface area contributed by atoms with Crippen molar-refractivity contribution in [3.63, 3.8) is 0 Å². The molecule has 2 rings (SSSR count). The SMILES string of the molecule is CCCC1CCCCN1c1ccc(Cl)cc1N. The third kappa shape index (κ3) is 2.86. The number of nitrogen functional groups attached to an aromatic ring is 1. The number of anilines is 2. The Hall–Kier alpha value is -0.890. The van der Waals surface area contributed by atoms with Crippen LogP contribution in [0.25, 0.3) is 0 Å². The maximum Gasteiger partial charge on any atom is 0.0603 e. The highest BCUT2D eigenvalue weighted by molar-refractivity contribution is 6.31. The minimum absolute atomic E-state index is 0.650. The summed E-state index contributed by atoms with van der Waals surface area (Å²) in [5, 5.41) is 0.718. The smallest absolute Gasteiger partial charge is 0.0603 e. The molecular weight excluding hydrogens is 232 g/mol. The Kier molecular flexibility index (Phi) is 4.16. The van der Waals surface area contributed by atoms with Crippen LogP contribution in [0.15, 0.2) is 18.2 Å². The second kappa shape index (κ2) is 5.63. The van der Waals surface area contributed by atoms with Crippen molar-refractivity contribution in [3.05, 3.63) is 23.2 Å². The van der Waals surface area contributed by atoms with Crippen LogP contribution in [0.4, 0.5) is 11.4 Å². The molecule has 0 bridgehead atoms. The molecule has 1 fully saturated rings. The zero-order valence-electron chi connectivity index (χ0n) is 10.5. The molecule has 0 spiro atoms. The van der Waals surface area contributed by atoms with Gasteiger partial charge in [0.25, 0.3) is 0 Å². The lowest BCUT2D eigenvalue weighted by Crippen LogP contribution is -2.39. The van der Waals surface area contributed by atoms with Gasteiger partial charge in [0.15, 0.2) is 0 Å². The van der Waals surface area contributed by atoms with Crippen LogP contribution in [0.3, 0.4) is 0 Å². The summed E-state index contributed by atoms with van der Waals surface area (Å²) in [7, 11) is 0. The third-order valence-corrected chi connectivity index (χ3v) is 3.78. The summed E-state index contributed by atoms with van der Waals surface area (Å²) >= 11 is 5.95. The van der Waals surface area contributed by atoms with E-state index in [-0.39, 0.29) is 0 Å². The first-order valence-corrected chi connectivity index (χ1v) is 6.92. The molecule has 17 heavy (non-hydrogen) atoms. The number of hydrogen-bond donors (Lipinski definition) is 1. The monoisotopic (exact) mass is 252 g/mol. The quantitative estimate of drug-likeness (QED) is 0.822. The number of hydrogen-bond acceptors (Lipinski definition) is 2. The van der Waals surface area contributed by atoms with Crippen LogP contribution in [0.2, 0.25) is 5.02 Å². The van der Waals surface area contributed by atoms with Gasteiger partial charge in [0.2, 0.25) is 0 Å². The highest BCUT2D eigenvalue weighted by Gasteiger charge is 2.23. The molecule has 0 saturated carbocycles. The second-order valence-electron chi connectivity index (χ2n) is 4.83. The summed E-state index contributed by atoms with van der Waals surface area (Å²) in [6.45, 7) is 3.37. The van der Waals surface area contributed by atoms with E-state index in [0.29, 0.717) is 6.04 Å². The maximum absolute atomic E-state index is 6.08. The van der Waals surface area contributed by atoms with Gasteiger partial charge in [-0.1, -0.05) is 24.9 Å². The van der Waals surface area contributed by atoms with Crippen molar-refractivity contribution >= 4 is 23.0 Å². The van der Waals surface area contributed by atoms with Crippen molar-refractivity contribution in [2.75, 3.05) is 17.2 Å². The van der Waals surface area contributed by atoms with Crippen LogP contribution in [0, 0.1) is 0 Å². The Labute approximate surface area is 109 Å². The molecular formula is C14H21ClN2. The molecule has 1 aromatic rings. The summed E-state index contributed by atoms with van der Waals surface area (Å²) in [6.07, 6.45) is 6.38. The number of benzene rings is 1. The van der Waals surface area contributed by atoms with Gasteiger partial charge < -0.3 is 10.6 Å². The zero-order chi connectivity index (χ0) is 12.3. The molecule has 0 radical (unpaired) electrons. The van der Waals surface area contributed by atoms with Crippen LogP contribution in [0.5, 0.6) is 0 Å². The van der Waals surface area contributed by atoms with Gasteiger partial charge >= 0.3 is 0 Å². The number of nitrogens with zero attached hydrogens (tertiary/aromatic N) is 1. The molecule has 1 atom stereocenters. The van der Waals surface area contributed by atoms with Gasteiger partial charge in [-0.15, -0.1) is 0 Å². The first kappa shape index (κ1) is 12.6. The van der Waals surface area contributed by atoms with E-state index >= 15 is 0 Å². The van der Waals surface area contributed by atoms with Crippen LogP contribution in [-0.2, 0) is 0 Å². The Bertz CT molecular complexity index is 376. The average molecular weight is 253 g/mol. The van der Waals surface area contributed by atoms with Gasteiger partial charge in [-0.25, -0.2) is 0 Å². The normalized spacial score (nSPS) is 20.6. The lowest BCUT2D eigenvalue weighted by Gasteiger charge is -2.38. The fourth-order valence-electron chi connectivity index (χ4n) is 2.74. The van der Waals surface area contributed by atoms with Crippen molar-refractivity contribution in [3.8, 4) is 0 Å². The van der Waals surface area contributed by atoms with Crippen LogP contribution < -0.4 is 10.6 Å². The first-order valence-electron chi connectivity index (χ1n) is 6.54. The average Bonchev–Trinajstić information content (AvgIpc) is 2.31. The highest BCUT2D eigenvalue weighted by Crippen LogP contribution is 2.32. The van der Waals surface area contributed by atoms with Gasteiger partial charge in [0.1, 0.15) is 0 Å². The van der Waals surface area contributed by atoms with Crippen molar-refractivity contribution in [1.82, 2.24) is 0 Å². The molecule has 1 aromatic carbocycles. The van der Waals surface area contributed by atoms with E-state index in [9.17, 15) is 0 Å². The molecule has 1 aliphatic rings. The van der Waals surface area contributed by atoms with Crippen molar-refractivity contribution in [2.45, 2.75) is 45.1 Å². The summed E-state index contributed by atoms with van der Waals surface area (Å²) in [6, 6.07) is 6.50. The molecule has 1 saturated heterocycles. The van der Waals surface area contributed by atoms with Crippen LogP contribution in [-0.4, -0.2) is 12.6 Å². The minimum atomic E-state index is 0.650. The first-order chi connectivity index (χ1) is 8.22. The van der Waals surface area contributed by atoms with E-state index in [1.54, 1.807) is 0 Å². The van der Waals surface area contributed by atoms with E-state index in [2.05, 4.69) is 17.9 Å². The van der Waals surface area contributed by atoms with Crippen molar-refractivity contribution in [2.24, 2.45) is 0 Å². The van der Waals surface area contributed by atoms with Gasteiger partial charge in [0, 0.05) is 17.6 Å². The molecule has 1 heterocycles. The van der Waals surface area contributed by atoms with E-state index in [1.165, 1.54) is 32.1 Å². The summed E-state index contributed by atoms with van der Waals surface area (Å²) in [4.78, 5) is 2.47. The van der Waals surface area contributed by atoms with Crippen molar-refractivity contribution < 1.29 is 0 Å². The Morgan fingerprint density at radius 3 is 2.94 bits per heavy atom. The third-order valence-electron chi connectivity index (χ3n) is 3.55. The zero-order valence-corrected chi connectivity index (χ0v) is 11.2. The van der Waals surface area contributed by atoms with Crippen molar-refractivity contribution in [1.29, 1.82) is 0 Å². The lowest BCUT2D eigenvalue weighted by molar-refractivity contribution is 0.435. The fraction of sp³-hybridized carbons (Fsp3) is 0.571. The van der Waals surface area contributed by atoms with E-state index in [1.807, 2.05) is 12.1 Å². The van der Waals surface area contributed by atoms with Gasteiger partial charge in [-0.3, -0.25) is 0 Å². The topological polar surface area (TPSA) is 29.3 Å². The number of piperidine rings is 1.